The van der Waals surface area contributed by atoms with E-state index < -0.39 is 0 Å². The SMILES string of the molecule is CC(C)NC(=S)N1CCC[C@H]2CCCC[C@@H]21. The standard InChI is InChI=1S/C13H24N2S/c1-10(2)14-13(16)15-9-5-7-11-6-3-4-8-12(11)15/h10-12H,3-9H2,1-2H3,(H,14,16)/t11-,12+/m1/s1. The van der Waals surface area contributed by atoms with Crippen LogP contribution in [-0.2, 0) is 0 Å². The van der Waals surface area contributed by atoms with Crippen molar-refractivity contribution in [3.05, 3.63) is 0 Å². The molecule has 0 aromatic rings. The number of nitrogens with one attached hydrogen (secondary N) is 1. The Hall–Kier alpha value is -0.310. The largest absolute Gasteiger partial charge is 0.360 e. The topological polar surface area (TPSA) is 15.3 Å². The summed E-state index contributed by atoms with van der Waals surface area (Å²) in [6.45, 7) is 5.49. The Kier molecular flexibility index (Phi) is 4.06. The molecule has 2 nitrogen and oxygen atoms in total. The average molecular weight is 240 g/mol. The summed E-state index contributed by atoms with van der Waals surface area (Å²) in [4.78, 5) is 2.47. The van der Waals surface area contributed by atoms with Crippen LogP contribution in [0.25, 0.3) is 0 Å². The molecule has 3 heteroatoms. The molecule has 0 unspecified atom stereocenters. The van der Waals surface area contributed by atoms with E-state index in [1.54, 1.807) is 0 Å². The van der Waals surface area contributed by atoms with Gasteiger partial charge in [-0.15, -0.1) is 0 Å². The zero-order valence-corrected chi connectivity index (χ0v) is 11.4. The van der Waals surface area contributed by atoms with Gasteiger partial charge < -0.3 is 10.2 Å². The molecule has 0 aromatic heterocycles. The van der Waals surface area contributed by atoms with Gasteiger partial charge in [0.05, 0.1) is 0 Å². The van der Waals surface area contributed by atoms with E-state index in [9.17, 15) is 0 Å². The number of fused-ring (bicyclic) bond motifs is 1. The van der Waals surface area contributed by atoms with Gasteiger partial charge in [0.25, 0.3) is 0 Å². The normalized spacial score (nSPS) is 30.1. The second-order valence-corrected chi connectivity index (χ2v) is 5.94. The van der Waals surface area contributed by atoms with E-state index in [1.165, 1.54) is 45.1 Å². The molecule has 1 aliphatic heterocycles. The second kappa shape index (κ2) is 5.35. The van der Waals surface area contributed by atoms with Crippen molar-refractivity contribution in [3.63, 3.8) is 0 Å². The van der Waals surface area contributed by atoms with Gasteiger partial charge in [-0.2, -0.15) is 0 Å². The van der Waals surface area contributed by atoms with Crippen LogP contribution in [0.15, 0.2) is 0 Å². The molecule has 1 aliphatic carbocycles. The van der Waals surface area contributed by atoms with E-state index in [0.29, 0.717) is 6.04 Å². The van der Waals surface area contributed by atoms with E-state index in [0.717, 1.165) is 17.1 Å². The van der Waals surface area contributed by atoms with E-state index >= 15 is 0 Å². The van der Waals surface area contributed by atoms with Crippen LogP contribution >= 0.6 is 12.2 Å². The molecule has 0 spiro atoms. The van der Waals surface area contributed by atoms with Gasteiger partial charge in [0.1, 0.15) is 0 Å². The second-order valence-electron chi connectivity index (χ2n) is 5.55. The third kappa shape index (κ3) is 2.68. The molecule has 1 N–H and O–H groups in total. The van der Waals surface area contributed by atoms with Crippen molar-refractivity contribution in [2.45, 2.75) is 64.5 Å². The average Bonchev–Trinajstić information content (AvgIpc) is 2.27. The van der Waals surface area contributed by atoms with Crippen LogP contribution in [0, 0.1) is 5.92 Å². The Morgan fingerprint density at radius 2 is 1.88 bits per heavy atom. The van der Waals surface area contributed by atoms with Gasteiger partial charge in [-0.05, 0) is 57.7 Å². The van der Waals surface area contributed by atoms with Crippen LogP contribution in [0.3, 0.4) is 0 Å². The number of likely N-dealkylation sites (tertiary alicyclic amines) is 1. The first-order valence-corrected chi connectivity index (χ1v) is 7.16. The van der Waals surface area contributed by atoms with Gasteiger partial charge in [-0.3, -0.25) is 0 Å². The molecule has 0 radical (unpaired) electrons. The van der Waals surface area contributed by atoms with Crippen LogP contribution in [0.1, 0.15) is 52.4 Å². The highest BCUT2D eigenvalue weighted by Gasteiger charge is 2.34. The van der Waals surface area contributed by atoms with E-state index in [4.69, 9.17) is 12.2 Å². The Balaban J connectivity index is 1.99. The van der Waals surface area contributed by atoms with Crippen LogP contribution in [-0.4, -0.2) is 28.6 Å². The number of hydrogen-bond donors (Lipinski definition) is 1. The Morgan fingerprint density at radius 3 is 2.62 bits per heavy atom. The lowest BCUT2D eigenvalue weighted by Crippen LogP contribution is -2.54. The van der Waals surface area contributed by atoms with Crippen LogP contribution in [0.5, 0.6) is 0 Å². The first kappa shape index (κ1) is 12.2. The van der Waals surface area contributed by atoms with Crippen molar-refractivity contribution in [1.29, 1.82) is 0 Å². The van der Waals surface area contributed by atoms with Crippen LogP contribution in [0.2, 0.25) is 0 Å². The first-order chi connectivity index (χ1) is 7.68. The first-order valence-electron chi connectivity index (χ1n) is 6.75. The third-order valence-corrected chi connectivity index (χ3v) is 4.27. The number of nitrogens with zero attached hydrogens (tertiary/aromatic N) is 1. The molecule has 0 aromatic carbocycles. The van der Waals surface area contributed by atoms with Crippen molar-refractivity contribution >= 4 is 17.3 Å². The number of rotatable bonds is 1. The summed E-state index contributed by atoms with van der Waals surface area (Å²) in [5.74, 6) is 0.911. The van der Waals surface area contributed by atoms with E-state index in [-0.39, 0.29) is 0 Å². The highest BCUT2D eigenvalue weighted by molar-refractivity contribution is 7.80. The van der Waals surface area contributed by atoms with Crippen molar-refractivity contribution in [2.24, 2.45) is 5.92 Å². The molecular weight excluding hydrogens is 216 g/mol. The van der Waals surface area contributed by atoms with Crippen molar-refractivity contribution < 1.29 is 0 Å². The molecule has 2 rings (SSSR count). The summed E-state index contributed by atoms with van der Waals surface area (Å²) in [6.07, 6.45) is 8.34. The van der Waals surface area contributed by atoms with Gasteiger partial charge in [0.15, 0.2) is 5.11 Å². The summed E-state index contributed by atoms with van der Waals surface area (Å²) in [5.41, 5.74) is 0. The monoisotopic (exact) mass is 240 g/mol. The molecule has 1 saturated heterocycles. The smallest absolute Gasteiger partial charge is 0.169 e. The molecule has 0 bridgehead atoms. The third-order valence-electron chi connectivity index (χ3n) is 3.92. The Morgan fingerprint density at radius 1 is 1.19 bits per heavy atom. The van der Waals surface area contributed by atoms with Gasteiger partial charge in [-0.25, -0.2) is 0 Å². The van der Waals surface area contributed by atoms with Gasteiger partial charge in [-0.1, -0.05) is 12.8 Å². The molecule has 2 fully saturated rings. The fourth-order valence-corrected chi connectivity index (χ4v) is 3.67. The van der Waals surface area contributed by atoms with Crippen LogP contribution in [0.4, 0.5) is 0 Å². The molecule has 2 atom stereocenters. The quantitative estimate of drug-likeness (QED) is 0.710. The fraction of sp³-hybridized carbons (Fsp3) is 0.923. The van der Waals surface area contributed by atoms with Crippen molar-refractivity contribution in [3.8, 4) is 0 Å². The predicted molar refractivity (Wildman–Crippen MR) is 72.6 cm³/mol. The molecule has 2 aliphatic rings. The zero-order chi connectivity index (χ0) is 11.5. The Labute approximate surface area is 105 Å². The van der Waals surface area contributed by atoms with Gasteiger partial charge >= 0.3 is 0 Å². The van der Waals surface area contributed by atoms with Gasteiger partial charge in [0, 0.05) is 18.6 Å². The summed E-state index contributed by atoms with van der Waals surface area (Å²) in [7, 11) is 0. The molecule has 16 heavy (non-hydrogen) atoms. The van der Waals surface area contributed by atoms with Crippen LogP contribution < -0.4 is 5.32 Å². The number of hydrogen-bond acceptors (Lipinski definition) is 1. The maximum Gasteiger partial charge on any atom is 0.169 e. The Bertz CT molecular complexity index is 250. The molecule has 1 saturated carbocycles. The minimum absolute atomic E-state index is 0.455. The highest BCUT2D eigenvalue weighted by atomic mass is 32.1. The van der Waals surface area contributed by atoms with Crippen molar-refractivity contribution in [1.82, 2.24) is 10.2 Å². The maximum atomic E-state index is 5.53. The lowest BCUT2D eigenvalue weighted by Gasteiger charge is -2.45. The van der Waals surface area contributed by atoms with Gasteiger partial charge in [0.2, 0.25) is 0 Å². The molecule has 0 amide bonds. The summed E-state index contributed by atoms with van der Waals surface area (Å²) < 4.78 is 0. The highest BCUT2D eigenvalue weighted by Crippen LogP contribution is 2.35. The maximum absolute atomic E-state index is 5.53. The van der Waals surface area contributed by atoms with E-state index in [2.05, 4.69) is 24.1 Å². The lowest BCUT2D eigenvalue weighted by atomic mass is 9.78. The molecule has 92 valence electrons. The summed E-state index contributed by atoms with van der Waals surface area (Å²) in [6, 6.07) is 1.19. The molecular formula is C13H24N2S. The number of thiocarbonyl (C=S) groups is 1. The number of piperidine rings is 1. The predicted octanol–water partition coefficient (Wildman–Crippen LogP) is 2.92. The minimum atomic E-state index is 0.455. The summed E-state index contributed by atoms with van der Waals surface area (Å²) in [5, 5.41) is 4.40. The fourth-order valence-electron chi connectivity index (χ4n) is 3.21. The zero-order valence-electron chi connectivity index (χ0n) is 10.5. The lowest BCUT2D eigenvalue weighted by molar-refractivity contribution is 0.118. The van der Waals surface area contributed by atoms with Crippen molar-refractivity contribution in [2.75, 3.05) is 6.54 Å². The molecule has 1 heterocycles. The summed E-state index contributed by atoms with van der Waals surface area (Å²) >= 11 is 5.53. The minimum Gasteiger partial charge on any atom is -0.360 e. The van der Waals surface area contributed by atoms with E-state index in [1.807, 2.05) is 0 Å².